The first-order valence-corrected chi connectivity index (χ1v) is 7.04. The first kappa shape index (κ1) is 17.5. The molecule has 3 nitrogen and oxygen atoms in total. The number of rotatable bonds is 3. The van der Waals surface area contributed by atoms with Crippen LogP contribution in [0.2, 0.25) is 5.02 Å². The Morgan fingerprint density at radius 1 is 1.30 bits per heavy atom. The number of hydrogen-bond acceptors (Lipinski definition) is 1. The van der Waals surface area contributed by atoms with Gasteiger partial charge in [0.15, 0.2) is 5.96 Å². The number of halogens is 3. The van der Waals surface area contributed by atoms with Crippen LogP contribution in [-0.4, -0.2) is 30.5 Å². The summed E-state index contributed by atoms with van der Waals surface area (Å²) in [4.78, 5) is 6.41. The van der Waals surface area contributed by atoms with Crippen molar-refractivity contribution < 1.29 is 4.39 Å². The molecule has 0 saturated carbocycles. The second kappa shape index (κ2) is 8.67. The van der Waals surface area contributed by atoms with Gasteiger partial charge in [-0.05, 0) is 37.8 Å². The van der Waals surface area contributed by atoms with Gasteiger partial charge in [-0.3, -0.25) is 4.99 Å². The van der Waals surface area contributed by atoms with Gasteiger partial charge in [0.25, 0.3) is 0 Å². The number of guanidine groups is 1. The number of nitrogens with zero attached hydrogens (tertiary/aromatic N) is 2. The summed E-state index contributed by atoms with van der Waals surface area (Å²) in [6.07, 6.45) is 4.05. The third-order valence-corrected chi connectivity index (χ3v) is 3.73. The zero-order valence-electron chi connectivity index (χ0n) is 11.3. The summed E-state index contributed by atoms with van der Waals surface area (Å²) >= 11 is 5.96. The minimum atomic E-state index is -0.278. The Bertz CT molecular complexity index is 441. The van der Waals surface area contributed by atoms with E-state index in [0.717, 1.165) is 25.9 Å². The molecule has 1 fully saturated rings. The average molecular weight is 412 g/mol. The summed E-state index contributed by atoms with van der Waals surface area (Å²) in [5.74, 6) is 0.284. The minimum Gasteiger partial charge on any atom is -0.370 e. The summed E-state index contributed by atoms with van der Waals surface area (Å²) < 4.78 is 13.6. The van der Waals surface area contributed by atoms with E-state index in [4.69, 9.17) is 17.3 Å². The van der Waals surface area contributed by atoms with Crippen molar-refractivity contribution >= 4 is 41.5 Å². The average Bonchev–Trinajstić information content (AvgIpc) is 2.43. The van der Waals surface area contributed by atoms with E-state index in [1.54, 1.807) is 12.1 Å². The van der Waals surface area contributed by atoms with Gasteiger partial charge in [-0.25, -0.2) is 4.39 Å². The highest BCUT2D eigenvalue weighted by molar-refractivity contribution is 14.0. The van der Waals surface area contributed by atoms with Crippen molar-refractivity contribution in [2.45, 2.75) is 25.7 Å². The molecule has 1 aliphatic rings. The van der Waals surface area contributed by atoms with E-state index in [2.05, 4.69) is 9.89 Å². The summed E-state index contributed by atoms with van der Waals surface area (Å²) in [5, 5.41) is 0.451. The van der Waals surface area contributed by atoms with Crippen LogP contribution in [0.25, 0.3) is 0 Å². The zero-order valence-corrected chi connectivity index (χ0v) is 14.4. The van der Waals surface area contributed by atoms with Crippen molar-refractivity contribution in [2.24, 2.45) is 10.7 Å². The molecule has 1 aromatic rings. The van der Waals surface area contributed by atoms with Crippen LogP contribution in [0.4, 0.5) is 4.39 Å². The van der Waals surface area contributed by atoms with Gasteiger partial charge in [-0.1, -0.05) is 17.7 Å². The summed E-state index contributed by atoms with van der Waals surface area (Å²) in [6, 6.07) is 4.71. The Morgan fingerprint density at radius 3 is 2.65 bits per heavy atom. The molecule has 2 rings (SSSR count). The molecule has 0 unspecified atom stereocenters. The predicted molar refractivity (Wildman–Crippen MR) is 92.4 cm³/mol. The van der Waals surface area contributed by atoms with Crippen LogP contribution in [-0.2, 0) is 6.42 Å². The molecule has 112 valence electrons. The lowest BCUT2D eigenvalue weighted by atomic mass is 10.1. The van der Waals surface area contributed by atoms with E-state index in [9.17, 15) is 4.39 Å². The van der Waals surface area contributed by atoms with Gasteiger partial charge < -0.3 is 10.6 Å². The number of likely N-dealkylation sites (tertiary alicyclic amines) is 1. The number of hydrogen-bond donors (Lipinski definition) is 1. The fourth-order valence-corrected chi connectivity index (χ4v) is 2.53. The Hall–Kier alpha value is -0.560. The highest BCUT2D eigenvalue weighted by Gasteiger charge is 2.12. The van der Waals surface area contributed by atoms with Crippen molar-refractivity contribution in [1.29, 1.82) is 0 Å². The molecule has 1 aromatic carbocycles. The van der Waals surface area contributed by atoms with Crippen molar-refractivity contribution in [1.82, 2.24) is 4.90 Å². The molecule has 0 aromatic heterocycles. The second-order valence-corrected chi connectivity index (χ2v) is 5.15. The van der Waals surface area contributed by atoms with Gasteiger partial charge in [0.05, 0.1) is 0 Å². The van der Waals surface area contributed by atoms with Gasteiger partial charge in [0.1, 0.15) is 5.82 Å². The lowest BCUT2D eigenvalue weighted by Gasteiger charge is -2.27. The molecule has 0 bridgehead atoms. The van der Waals surface area contributed by atoms with Crippen molar-refractivity contribution in [3.05, 3.63) is 34.6 Å². The zero-order chi connectivity index (χ0) is 13.7. The van der Waals surface area contributed by atoms with Crippen LogP contribution >= 0.6 is 35.6 Å². The smallest absolute Gasteiger partial charge is 0.191 e. The molecule has 1 saturated heterocycles. The second-order valence-electron chi connectivity index (χ2n) is 4.74. The minimum absolute atomic E-state index is 0. The lowest BCUT2D eigenvalue weighted by molar-refractivity contribution is 0.338. The van der Waals surface area contributed by atoms with E-state index in [1.807, 2.05) is 0 Å². The van der Waals surface area contributed by atoms with Gasteiger partial charge in [0.2, 0.25) is 0 Å². The highest BCUT2D eigenvalue weighted by Crippen LogP contribution is 2.19. The maximum atomic E-state index is 13.6. The molecule has 20 heavy (non-hydrogen) atoms. The molecule has 0 atom stereocenters. The number of aliphatic imine (C=N–C) groups is 1. The first-order chi connectivity index (χ1) is 9.18. The molecule has 0 radical (unpaired) electrons. The van der Waals surface area contributed by atoms with E-state index in [0.29, 0.717) is 29.5 Å². The summed E-state index contributed by atoms with van der Waals surface area (Å²) in [5.41, 5.74) is 6.45. The molecule has 0 spiro atoms. The van der Waals surface area contributed by atoms with E-state index >= 15 is 0 Å². The largest absolute Gasteiger partial charge is 0.370 e. The van der Waals surface area contributed by atoms with Gasteiger partial charge >= 0.3 is 0 Å². The van der Waals surface area contributed by atoms with Crippen LogP contribution < -0.4 is 5.73 Å². The van der Waals surface area contributed by atoms with Gasteiger partial charge in [0, 0.05) is 30.2 Å². The molecule has 1 aliphatic heterocycles. The fraction of sp³-hybridized carbons (Fsp3) is 0.500. The van der Waals surface area contributed by atoms with Crippen molar-refractivity contribution in [2.75, 3.05) is 19.6 Å². The third kappa shape index (κ3) is 4.77. The molecule has 0 aliphatic carbocycles. The Kier molecular flexibility index (Phi) is 7.58. The van der Waals surface area contributed by atoms with Crippen molar-refractivity contribution in [3.8, 4) is 0 Å². The summed E-state index contributed by atoms with van der Waals surface area (Å²) in [6.45, 7) is 2.40. The maximum absolute atomic E-state index is 13.6. The van der Waals surface area contributed by atoms with Gasteiger partial charge in [-0.2, -0.15) is 0 Å². The standard InChI is InChI=1S/C14H19ClFN3.HI/c15-12-5-4-6-13(16)11(12)7-8-18-14(17)19-9-2-1-3-10-19;/h4-6H,1-3,7-10H2,(H2,17,18);1H. The predicted octanol–water partition coefficient (Wildman–Crippen LogP) is 3.44. The number of benzene rings is 1. The number of piperidine rings is 1. The monoisotopic (exact) mass is 411 g/mol. The SMILES string of the molecule is I.NC(=NCCc1c(F)cccc1Cl)N1CCCCC1. The summed E-state index contributed by atoms with van der Waals surface area (Å²) in [7, 11) is 0. The van der Waals surface area contributed by atoms with Crippen LogP contribution in [0.1, 0.15) is 24.8 Å². The number of nitrogens with two attached hydrogens (primary N) is 1. The molecule has 0 amide bonds. The van der Waals surface area contributed by atoms with Crippen LogP contribution in [0.15, 0.2) is 23.2 Å². The Labute approximate surface area is 141 Å². The lowest BCUT2D eigenvalue weighted by Crippen LogP contribution is -2.41. The molecular formula is C14H20ClFIN3. The fourth-order valence-electron chi connectivity index (χ4n) is 2.28. The van der Waals surface area contributed by atoms with Crippen LogP contribution in [0.5, 0.6) is 0 Å². The van der Waals surface area contributed by atoms with E-state index in [1.165, 1.54) is 12.5 Å². The third-order valence-electron chi connectivity index (χ3n) is 3.38. The first-order valence-electron chi connectivity index (χ1n) is 6.66. The van der Waals surface area contributed by atoms with E-state index in [-0.39, 0.29) is 29.8 Å². The Balaban J connectivity index is 0.00000200. The molecule has 2 N–H and O–H groups in total. The van der Waals surface area contributed by atoms with Gasteiger partial charge in [-0.15, -0.1) is 24.0 Å². The maximum Gasteiger partial charge on any atom is 0.191 e. The van der Waals surface area contributed by atoms with Crippen molar-refractivity contribution in [3.63, 3.8) is 0 Å². The quantitative estimate of drug-likeness (QED) is 0.470. The molecule has 6 heteroatoms. The molecule has 1 heterocycles. The highest BCUT2D eigenvalue weighted by atomic mass is 127. The Morgan fingerprint density at radius 2 is 2.00 bits per heavy atom. The van der Waals surface area contributed by atoms with Crippen LogP contribution in [0, 0.1) is 5.82 Å². The molecular weight excluding hydrogens is 392 g/mol. The van der Waals surface area contributed by atoms with Crippen LogP contribution in [0.3, 0.4) is 0 Å². The van der Waals surface area contributed by atoms with E-state index < -0.39 is 0 Å². The normalized spacial score (nSPS) is 15.9. The topological polar surface area (TPSA) is 41.6 Å².